The number of hydrogen-bond donors (Lipinski definition) is 1. The molecule has 1 unspecified atom stereocenters. The lowest BCUT2D eigenvalue weighted by molar-refractivity contribution is -0.168. The Morgan fingerprint density at radius 2 is 1.78 bits per heavy atom. The van der Waals surface area contributed by atoms with Crippen LogP contribution < -0.4 is 0 Å². The Balaban J connectivity index is 4.89. The summed E-state index contributed by atoms with van der Waals surface area (Å²) >= 11 is 5.48. The van der Waals surface area contributed by atoms with Crippen molar-refractivity contribution in [3.05, 3.63) is 0 Å². The topological polar surface area (TPSA) is 65.0 Å². The number of alkyl halides is 1. The Bertz CT molecular complexity index is 268. The summed E-state index contributed by atoms with van der Waals surface area (Å²) in [5.74, 6) is 0.0314. The molecule has 0 bridgehead atoms. The van der Waals surface area contributed by atoms with E-state index >= 15 is 0 Å². The molecule has 0 saturated heterocycles. The first-order valence-electron chi connectivity index (χ1n) is 6.14. The zero-order valence-electron chi connectivity index (χ0n) is 11.5. The monoisotopic (exact) mass is 302 g/mol. The first kappa shape index (κ1) is 18.4. The van der Waals surface area contributed by atoms with Gasteiger partial charge in [-0.1, -0.05) is 6.92 Å². The minimum absolute atomic E-state index is 0.0314. The molecule has 0 saturated carbocycles. The van der Waals surface area contributed by atoms with Gasteiger partial charge < -0.3 is 19.1 Å². The molecule has 0 aliphatic heterocycles. The molecule has 1 N–H and O–H groups in total. The summed E-state index contributed by atoms with van der Waals surface area (Å²) in [6.07, 6.45) is -0.586. The predicted molar refractivity (Wildman–Crippen MR) is 72.5 cm³/mol. The van der Waals surface area contributed by atoms with E-state index in [1.165, 1.54) is 0 Å². The summed E-state index contributed by atoms with van der Waals surface area (Å²) in [6, 6.07) is 0. The van der Waals surface area contributed by atoms with E-state index in [0.29, 0.717) is 13.2 Å². The highest BCUT2D eigenvalue weighted by Gasteiger charge is 2.46. The van der Waals surface area contributed by atoms with E-state index in [4.69, 9.17) is 25.6 Å². The summed E-state index contributed by atoms with van der Waals surface area (Å²) in [5, 5.41) is 9.38. The summed E-state index contributed by atoms with van der Waals surface area (Å²) in [5.41, 5.74) is -1.28. The van der Waals surface area contributed by atoms with Gasteiger partial charge >= 0.3 is 0 Å². The van der Waals surface area contributed by atoms with Crippen LogP contribution in [0, 0.1) is 0 Å². The van der Waals surface area contributed by atoms with E-state index in [2.05, 4.69) is 0 Å². The summed E-state index contributed by atoms with van der Waals surface area (Å²) < 4.78 is 29.1. The van der Waals surface area contributed by atoms with E-state index in [0.717, 1.165) is 0 Å². The van der Waals surface area contributed by atoms with Crippen LogP contribution in [0.15, 0.2) is 0 Å². The fourth-order valence-electron chi connectivity index (χ4n) is 1.52. The Morgan fingerprint density at radius 1 is 1.28 bits per heavy atom. The largest absolute Gasteiger partial charge is 0.389 e. The molecular weight excluding hydrogens is 279 g/mol. The minimum atomic E-state index is -3.19. The average molecular weight is 303 g/mol. The first-order valence-corrected chi connectivity index (χ1v) is 8.49. The van der Waals surface area contributed by atoms with E-state index in [-0.39, 0.29) is 18.6 Å². The highest BCUT2D eigenvalue weighted by molar-refractivity contribution is 7.60. The summed E-state index contributed by atoms with van der Waals surface area (Å²) in [6.45, 7) is 7.57. The highest BCUT2D eigenvalue weighted by atomic mass is 35.5. The first-order chi connectivity index (χ1) is 8.39. The van der Waals surface area contributed by atoms with Crippen molar-refractivity contribution in [1.82, 2.24) is 0 Å². The number of rotatable bonds is 10. The second-order valence-corrected chi connectivity index (χ2v) is 7.22. The molecule has 0 radical (unpaired) electrons. The van der Waals surface area contributed by atoms with Crippen molar-refractivity contribution in [2.45, 2.75) is 39.3 Å². The Kier molecular flexibility index (Phi) is 8.69. The molecule has 0 aromatic rings. The molecule has 2 atom stereocenters. The van der Waals surface area contributed by atoms with Crippen LogP contribution in [-0.2, 0) is 18.6 Å². The lowest BCUT2D eigenvalue weighted by Crippen LogP contribution is -2.35. The zero-order valence-corrected chi connectivity index (χ0v) is 13.2. The van der Waals surface area contributed by atoms with Crippen molar-refractivity contribution in [2.24, 2.45) is 0 Å². The molecule has 0 heterocycles. The fourth-order valence-corrected chi connectivity index (χ4v) is 3.67. The van der Waals surface area contributed by atoms with Crippen molar-refractivity contribution < 1.29 is 23.7 Å². The molecule has 0 spiro atoms. The zero-order chi connectivity index (χ0) is 14.2. The van der Waals surface area contributed by atoms with E-state index in [1.807, 2.05) is 0 Å². The second-order valence-electron chi connectivity index (χ2n) is 3.86. The number of halogens is 1. The number of hydrogen-bond acceptors (Lipinski definition) is 5. The Morgan fingerprint density at radius 3 is 2.11 bits per heavy atom. The van der Waals surface area contributed by atoms with Gasteiger partial charge in [0.2, 0.25) is 5.53 Å². The van der Waals surface area contributed by atoms with E-state index in [1.54, 1.807) is 27.7 Å². The molecule has 0 fully saturated rings. The minimum Gasteiger partial charge on any atom is -0.389 e. The maximum absolute atomic E-state index is 12.8. The molecule has 5 nitrogen and oxygen atoms in total. The maximum Gasteiger partial charge on any atom is 0.260 e. The molecule has 0 aliphatic carbocycles. The SMILES string of the molecule is CCOC(C)(OCC)P(=O)(CC)OC[C@H](O)CCl. The van der Waals surface area contributed by atoms with Gasteiger partial charge in [0.1, 0.15) is 0 Å². The van der Waals surface area contributed by atoms with E-state index < -0.39 is 19.0 Å². The van der Waals surface area contributed by atoms with Gasteiger partial charge in [0, 0.05) is 19.4 Å². The quantitative estimate of drug-likeness (QED) is 0.382. The van der Waals surface area contributed by atoms with Crippen molar-refractivity contribution in [2.75, 3.05) is 31.9 Å². The number of aliphatic hydroxyl groups excluding tert-OH is 1. The van der Waals surface area contributed by atoms with Crippen LogP contribution in [0.4, 0.5) is 0 Å². The predicted octanol–water partition coefficient (Wildman–Crippen LogP) is 2.65. The third-order valence-corrected chi connectivity index (χ3v) is 5.76. The van der Waals surface area contributed by atoms with Gasteiger partial charge in [0.05, 0.1) is 18.6 Å². The van der Waals surface area contributed by atoms with Gasteiger partial charge in [-0.15, -0.1) is 11.6 Å². The molecule has 110 valence electrons. The van der Waals surface area contributed by atoms with Crippen LogP contribution in [0.25, 0.3) is 0 Å². The Hall–Kier alpha value is 0.360. The molecule has 0 rings (SSSR count). The average Bonchev–Trinajstić information content (AvgIpc) is 2.35. The molecule has 7 heteroatoms. The lowest BCUT2D eigenvalue weighted by atomic mass is 10.4. The van der Waals surface area contributed by atoms with Gasteiger partial charge in [-0.25, -0.2) is 0 Å². The number of ether oxygens (including phenoxy) is 2. The standard InChI is InChI=1S/C11H24ClO5P/c1-5-15-11(4,16-6-2)18(14,7-3)17-9-10(13)8-12/h10,13H,5-9H2,1-4H3/t10-,18?/m1/s1. The smallest absolute Gasteiger partial charge is 0.260 e. The van der Waals surface area contributed by atoms with Crippen LogP contribution >= 0.6 is 19.0 Å². The normalized spacial score (nSPS) is 17.4. The van der Waals surface area contributed by atoms with Crippen molar-refractivity contribution in [1.29, 1.82) is 0 Å². The van der Waals surface area contributed by atoms with Crippen LogP contribution in [0.3, 0.4) is 0 Å². The van der Waals surface area contributed by atoms with Crippen LogP contribution in [0.1, 0.15) is 27.7 Å². The van der Waals surface area contributed by atoms with Gasteiger partial charge in [-0.3, -0.25) is 4.57 Å². The highest BCUT2D eigenvalue weighted by Crippen LogP contribution is 2.59. The third-order valence-electron chi connectivity index (χ3n) is 2.51. The third kappa shape index (κ3) is 4.80. The van der Waals surface area contributed by atoms with E-state index in [9.17, 15) is 9.67 Å². The maximum atomic E-state index is 12.8. The van der Waals surface area contributed by atoms with Crippen LogP contribution in [-0.4, -0.2) is 48.6 Å². The summed E-state index contributed by atoms with van der Waals surface area (Å²) in [4.78, 5) is 0. The van der Waals surface area contributed by atoms with Crippen molar-refractivity contribution in [3.63, 3.8) is 0 Å². The van der Waals surface area contributed by atoms with Crippen LogP contribution in [0.5, 0.6) is 0 Å². The Labute approximate surface area is 114 Å². The fraction of sp³-hybridized carbons (Fsp3) is 1.00. The molecule has 0 aromatic heterocycles. The van der Waals surface area contributed by atoms with Gasteiger partial charge in [-0.05, 0) is 20.8 Å². The van der Waals surface area contributed by atoms with Crippen molar-refractivity contribution >= 4 is 19.0 Å². The summed E-state index contributed by atoms with van der Waals surface area (Å²) in [7, 11) is -3.19. The van der Waals surface area contributed by atoms with Gasteiger partial charge in [0.15, 0.2) is 0 Å². The van der Waals surface area contributed by atoms with Gasteiger partial charge in [0.25, 0.3) is 7.37 Å². The second kappa shape index (κ2) is 8.51. The van der Waals surface area contributed by atoms with Gasteiger partial charge in [-0.2, -0.15) is 0 Å². The molecular formula is C11H24ClO5P. The van der Waals surface area contributed by atoms with Crippen molar-refractivity contribution in [3.8, 4) is 0 Å². The number of aliphatic hydroxyl groups is 1. The molecule has 0 amide bonds. The molecule has 0 aliphatic rings. The lowest BCUT2D eigenvalue weighted by Gasteiger charge is -2.36. The molecule has 18 heavy (non-hydrogen) atoms. The molecule has 0 aromatic carbocycles. The van der Waals surface area contributed by atoms with Crippen LogP contribution in [0.2, 0.25) is 0 Å².